The number of hydrogen-bond donors (Lipinski definition) is 1. The van der Waals surface area contributed by atoms with Gasteiger partial charge < -0.3 is 10.5 Å². The van der Waals surface area contributed by atoms with E-state index < -0.39 is 11.5 Å². The molecule has 0 saturated heterocycles. The molecule has 0 aliphatic heterocycles. The summed E-state index contributed by atoms with van der Waals surface area (Å²) in [5, 5.41) is 0. The number of rotatable bonds is 2. The number of carbonyl (C=O) groups excluding carboxylic acids is 1. The monoisotopic (exact) mass is 193 g/mol. The van der Waals surface area contributed by atoms with Crippen molar-refractivity contribution in [3.63, 3.8) is 0 Å². The fraction of sp³-hybridized carbons (Fsp3) is 0.364. The summed E-state index contributed by atoms with van der Waals surface area (Å²) in [5.41, 5.74) is 6.69. The van der Waals surface area contributed by atoms with Gasteiger partial charge in [-0.15, -0.1) is 0 Å². The van der Waals surface area contributed by atoms with Crippen molar-refractivity contribution in [2.45, 2.75) is 19.4 Å². The van der Waals surface area contributed by atoms with E-state index in [1.54, 1.807) is 6.92 Å². The Labute approximate surface area is 83.9 Å². The molecule has 0 aromatic heterocycles. The number of nitrogens with two attached hydrogens (primary N) is 1. The van der Waals surface area contributed by atoms with E-state index in [2.05, 4.69) is 4.74 Å². The number of methoxy groups -OCH3 is 1. The molecule has 0 saturated carbocycles. The van der Waals surface area contributed by atoms with Crippen LogP contribution in [0, 0.1) is 6.92 Å². The first-order valence-corrected chi connectivity index (χ1v) is 4.43. The van der Waals surface area contributed by atoms with Gasteiger partial charge in [0.15, 0.2) is 0 Å². The van der Waals surface area contributed by atoms with Crippen LogP contribution in [0.5, 0.6) is 0 Å². The quantitative estimate of drug-likeness (QED) is 0.721. The topological polar surface area (TPSA) is 52.3 Å². The summed E-state index contributed by atoms with van der Waals surface area (Å²) >= 11 is 0. The number of benzene rings is 1. The van der Waals surface area contributed by atoms with E-state index in [0.29, 0.717) is 0 Å². The Bertz CT molecular complexity index is 328. The molecule has 3 heteroatoms. The Kier molecular flexibility index (Phi) is 2.91. The minimum absolute atomic E-state index is 0.429. The molecular weight excluding hydrogens is 178 g/mol. The molecule has 0 spiro atoms. The maximum Gasteiger partial charge on any atom is 0.330 e. The highest BCUT2D eigenvalue weighted by Crippen LogP contribution is 2.19. The molecule has 1 atom stereocenters. The third-order valence-electron chi connectivity index (χ3n) is 2.26. The van der Waals surface area contributed by atoms with Gasteiger partial charge in [0.2, 0.25) is 0 Å². The van der Waals surface area contributed by atoms with Crippen LogP contribution in [-0.2, 0) is 15.1 Å². The second kappa shape index (κ2) is 3.80. The second-order valence-corrected chi connectivity index (χ2v) is 3.56. The molecule has 0 aliphatic rings. The van der Waals surface area contributed by atoms with Crippen LogP contribution >= 0.6 is 0 Å². The lowest BCUT2D eigenvalue weighted by molar-refractivity contribution is -0.146. The fourth-order valence-corrected chi connectivity index (χ4v) is 1.23. The van der Waals surface area contributed by atoms with E-state index in [1.165, 1.54) is 7.11 Å². The number of aryl methyl sites for hydroxylation is 1. The van der Waals surface area contributed by atoms with E-state index in [4.69, 9.17) is 5.73 Å². The lowest BCUT2D eigenvalue weighted by atomic mass is 9.93. The average Bonchev–Trinajstić information content (AvgIpc) is 2.17. The minimum Gasteiger partial charge on any atom is -0.467 e. The summed E-state index contributed by atoms with van der Waals surface area (Å²) in [7, 11) is 1.33. The molecule has 14 heavy (non-hydrogen) atoms. The maximum atomic E-state index is 11.4. The Morgan fingerprint density at radius 1 is 1.36 bits per heavy atom. The minimum atomic E-state index is -1.07. The van der Waals surface area contributed by atoms with Crippen LogP contribution in [0.25, 0.3) is 0 Å². The van der Waals surface area contributed by atoms with Crippen LogP contribution in [0.15, 0.2) is 24.3 Å². The molecule has 1 aromatic rings. The number of hydrogen-bond acceptors (Lipinski definition) is 3. The zero-order valence-corrected chi connectivity index (χ0v) is 8.70. The summed E-state index contributed by atoms with van der Waals surface area (Å²) < 4.78 is 4.64. The van der Waals surface area contributed by atoms with Crippen molar-refractivity contribution in [2.24, 2.45) is 5.73 Å². The highest BCUT2D eigenvalue weighted by Gasteiger charge is 2.31. The Morgan fingerprint density at radius 2 is 1.86 bits per heavy atom. The van der Waals surface area contributed by atoms with Crippen molar-refractivity contribution < 1.29 is 9.53 Å². The molecule has 3 nitrogen and oxygen atoms in total. The summed E-state index contributed by atoms with van der Waals surface area (Å²) in [6.45, 7) is 3.62. The lowest BCUT2D eigenvalue weighted by Gasteiger charge is -2.21. The third-order valence-corrected chi connectivity index (χ3v) is 2.26. The normalized spacial score (nSPS) is 14.6. The van der Waals surface area contributed by atoms with Gasteiger partial charge >= 0.3 is 5.97 Å². The summed E-state index contributed by atoms with van der Waals surface area (Å²) in [5.74, 6) is -0.429. The molecule has 0 bridgehead atoms. The number of esters is 1. The predicted octanol–water partition coefficient (Wildman–Crippen LogP) is 1.34. The van der Waals surface area contributed by atoms with E-state index >= 15 is 0 Å². The van der Waals surface area contributed by atoms with E-state index in [-0.39, 0.29) is 0 Å². The molecule has 0 aliphatic carbocycles. The van der Waals surface area contributed by atoms with Crippen molar-refractivity contribution in [3.8, 4) is 0 Å². The zero-order chi connectivity index (χ0) is 10.8. The average molecular weight is 193 g/mol. The van der Waals surface area contributed by atoms with Crippen molar-refractivity contribution in [3.05, 3.63) is 35.4 Å². The molecule has 0 fully saturated rings. The van der Waals surface area contributed by atoms with Gasteiger partial charge in [0.05, 0.1) is 7.11 Å². The Balaban J connectivity index is 3.03. The molecule has 0 radical (unpaired) electrons. The van der Waals surface area contributed by atoms with Crippen LogP contribution in [0.1, 0.15) is 18.1 Å². The van der Waals surface area contributed by atoms with Crippen LogP contribution in [-0.4, -0.2) is 13.1 Å². The van der Waals surface area contributed by atoms with Crippen molar-refractivity contribution in [1.29, 1.82) is 0 Å². The van der Waals surface area contributed by atoms with Gasteiger partial charge in [0.25, 0.3) is 0 Å². The first-order valence-electron chi connectivity index (χ1n) is 4.43. The second-order valence-electron chi connectivity index (χ2n) is 3.56. The molecule has 0 heterocycles. The van der Waals surface area contributed by atoms with Crippen LogP contribution in [0.2, 0.25) is 0 Å². The SMILES string of the molecule is COC(=O)[C@@](C)(N)c1ccc(C)cc1. The molecule has 1 aromatic carbocycles. The first kappa shape index (κ1) is 10.7. The summed E-state index contributed by atoms with van der Waals surface area (Å²) in [4.78, 5) is 11.4. The fourth-order valence-electron chi connectivity index (χ4n) is 1.23. The van der Waals surface area contributed by atoms with Crippen LogP contribution < -0.4 is 5.73 Å². The van der Waals surface area contributed by atoms with Crippen molar-refractivity contribution >= 4 is 5.97 Å². The predicted molar refractivity (Wildman–Crippen MR) is 54.7 cm³/mol. The van der Waals surface area contributed by atoms with Crippen molar-refractivity contribution in [1.82, 2.24) is 0 Å². The van der Waals surface area contributed by atoms with Gasteiger partial charge in [-0.1, -0.05) is 29.8 Å². The van der Waals surface area contributed by atoms with Gasteiger partial charge in [-0.25, -0.2) is 4.79 Å². The summed E-state index contributed by atoms with van der Waals surface area (Å²) in [6, 6.07) is 7.52. The maximum absolute atomic E-state index is 11.4. The largest absolute Gasteiger partial charge is 0.467 e. The molecular formula is C11H15NO2. The highest BCUT2D eigenvalue weighted by molar-refractivity contribution is 5.81. The smallest absolute Gasteiger partial charge is 0.330 e. The first-order chi connectivity index (χ1) is 6.48. The van der Waals surface area contributed by atoms with E-state index in [1.807, 2.05) is 31.2 Å². The lowest BCUT2D eigenvalue weighted by Crippen LogP contribution is -2.42. The number of ether oxygens (including phenoxy) is 1. The Hall–Kier alpha value is -1.35. The Morgan fingerprint density at radius 3 is 2.29 bits per heavy atom. The molecule has 0 amide bonds. The number of carbonyl (C=O) groups is 1. The van der Waals surface area contributed by atoms with Gasteiger partial charge in [0, 0.05) is 0 Å². The highest BCUT2D eigenvalue weighted by atomic mass is 16.5. The van der Waals surface area contributed by atoms with Gasteiger partial charge in [-0.2, -0.15) is 0 Å². The van der Waals surface area contributed by atoms with Gasteiger partial charge in [0.1, 0.15) is 5.54 Å². The molecule has 2 N–H and O–H groups in total. The van der Waals surface area contributed by atoms with Crippen molar-refractivity contribution in [2.75, 3.05) is 7.11 Å². The molecule has 1 rings (SSSR count). The van der Waals surface area contributed by atoms with Gasteiger partial charge in [-0.3, -0.25) is 0 Å². The zero-order valence-electron chi connectivity index (χ0n) is 8.70. The van der Waals surface area contributed by atoms with Crippen LogP contribution in [0.4, 0.5) is 0 Å². The molecule has 0 unspecified atom stereocenters. The standard InChI is InChI=1S/C11H15NO2/c1-8-4-6-9(7-5-8)11(2,12)10(13)14-3/h4-7H,12H2,1-3H3/t11-/m0/s1. The molecule has 76 valence electrons. The van der Waals surface area contributed by atoms with E-state index in [9.17, 15) is 4.79 Å². The third kappa shape index (κ3) is 1.93. The van der Waals surface area contributed by atoms with Crippen LogP contribution in [0.3, 0.4) is 0 Å². The summed E-state index contributed by atoms with van der Waals surface area (Å²) in [6.07, 6.45) is 0. The van der Waals surface area contributed by atoms with E-state index in [0.717, 1.165) is 11.1 Å². The van der Waals surface area contributed by atoms with Gasteiger partial charge in [-0.05, 0) is 19.4 Å².